The summed E-state index contributed by atoms with van der Waals surface area (Å²) in [7, 11) is 0. The maximum atomic E-state index is 11.8. The predicted octanol–water partition coefficient (Wildman–Crippen LogP) is 2.11. The number of aryl methyl sites for hydroxylation is 2. The lowest BCUT2D eigenvalue weighted by Gasteiger charge is -2.04. The van der Waals surface area contributed by atoms with E-state index < -0.39 is 0 Å². The highest BCUT2D eigenvalue weighted by Crippen LogP contribution is 2.07. The SMILES string of the molecule is Cc1cc(Cn2cc(I)cc(C)c2=O)on1. The minimum Gasteiger partial charge on any atom is -0.359 e. The maximum absolute atomic E-state index is 11.8. The van der Waals surface area contributed by atoms with Crippen LogP contribution in [0.25, 0.3) is 0 Å². The van der Waals surface area contributed by atoms with Crippen molar-refractivity contribution in [1.82, 2.24) is 9.72 Å². The van der Waals surface area contributed by atoms with Crippen molar-refractivity contribution < 1.29 is 4.52 Å². The maximum Gasteiger partial charge on any atom is 0.253 e. The molecule has 2 heterocycles. The second-order valence-electron chi connectivity index (χ2n) is 3.71. The molecule has 84 valence electrons. The third kappa shape index (κ3) is 2.34. The summed E-state index contributed by atoms with van der Waals surface area (Å²) in [6, 6.07) is 3.70. The van der Waals surface area contributed by atoms with Gasteiger partial charge in [-0.15, -0.1) is 0 Å². The Balaban J connectivity index is 2.38. The van der Waals surface area contributed by atoms with E-state index in [1.165, 1.54) is 0 Å². The topological polar surface area (TPSA) is 48.0 Å². The van der Waals surface area contributed by atoms with Crippen LogP contribution >= 0.6 is 22.6 Å². The van der Waals surface area contributed by atoms with Gasteiger partial charge >= 0.3 is 0 Å². The first-order valence-corrected chi connectivity index (χ1v) is 5.93. The van der Waals surface area contributed by atoms with E-state index in [-0.39, 0.29) is 5.56 Å². The Hall–Kier alpha value is -1.11. The van der Waals surface area contributed by atoms with E-state index in [9.17, 15) is 4.79 Å². The summed E-state index contributed by atoms with van der Waals surface area (Å²) in [4.78, 5) is 11.8. The smallest absolute Gasteiger partial charge is 0.253 e. The van der Waals surface area contributed by atoms with Crippen molar-refractivity contribution in [2.45, 2.75) is 20.4 Å². The Morgan fingerprint density at radius 2 is 2.19 bits per heavy atom. The van der Waals surface area contributed by atoms with Crippen LogP contribution in [-0.2, 0) is 6.54 Å². The van der Waals surface area contributed by atoms with Crippen LogP contribution in [0.5, 0.6) is 0 Å². The zero-order valence-electron chi connectivity index (χ0n) is 9.03. The van der Waals surface area contributed by atoms with Gasteiger partial charge in [0.2, 0.25) is 0 Å². The van der Waals surface area contributed by atoms with Crippen molar-refractivity contribution in [1.29, 1.82) is 0 Å². The zero-order chi connectivity index (χ0) is 11.7. The molecule has 2 rings (SSSR count). The second-order valence-corrected chi connectivity index (χ2v) is 4.95. The molecule has 0 aromatic carbocycles. The summed E-state index contributed by atoms with van der Waals surface area (Å²) in [5.41, 5.74) is 1.57. The number of halogens is 1. The van der Waals surface area contributed by atoms with Crippen LogP contribution in [0.15, 0.2) is 27.6 Å². The lowest BCUT2D eigenvalue weighted by atomic mass is 10.3. The van der Waals surface area contributed by atoms with Gasteiger partial charge < -0.3 is 9.09 Å². The largest absolute Gasteiger partial charge is 0.359 e. The molecule has 0 spiro atoms. The van der Waals surface area contributed by atoms with Gasteiger partial charge in [-0.3, -0.25) is 4.79 Å². The molecule has 0 saturated heterocycles. The van der Waals surface area contributed by atoms with Gasteiger partial charge in [0, 0.05) is 21.4 Å². The summed E-state index contributed by atoms with van der Waals surface area (Å²) in [6.07, 6.45) is 1.81. The molecule has 0 unspecified atom stereocenters. The first kappa shape index (κ1) is 11.4. The van der Waals surface area contributed by atoms with Gasteiger partial charge in [-0.1, -0.05) is 5.16 Å². The summed E-state index contributed by atoms with van der Waals surface area (Å²) in [5.74, 6) is 0.695. The molecular formula is C11H11IN2O2. The number of nitrogens with zero attached hydrogens (tertiary/aromatic N) is 2. The van der Waals surface area contributed by atoms with Crippen molar-refractivity contribution in [3.8, 4) is 0 Å². The van der Waals surface area contributed by atoms with Gasteiger partial charge in [-0.05, 0) is 42.5 Å². The fraction of sp³-hybridized carbons (Fsp3) is 0.273. The average Bonchev–Trinajstić information content (AvgIpc) is 2.60. The Morgan fingerprint density at radius 3 is 2.81 bits per heavy atom. The predicted molar refractivity (Wildman–Crippen MR) is 68.5 cm³/mol. The quantitative estimate of drug-likeness (QED) is 0.793. The van der Waals surface area contributed by atoms with Crippen molar-refractivity contribution in [2.24, 2.45) is 0 Å². The van der Waals surface area contributed by atoms with E-state index in [2.05, 4.69) is 27.7 Å². The third-order valence-corrected chi connectivity index (χ3v) is 2.82. The number of hydrogen-bond acceptors (Lipinski definition) is 3. The lowest BCUT2D eigenvalue weighted by molar-refractivity contribution is 0.371. The molecular weight excluding hydrogens is 319 g/mol. The number of rotatable bonds is 2. The summed E-state index contributed by atoms with van der Waals surface area (Å²) in [6.45, 7) is 4.10. The standard InChI is InChI=1S/C11H11IN2O2/c1-7-3-9(12)5-14(11(7)15)6-10-4-8(2)13-16-10/h3-5H,6H2,1-2H3. The zero-order valence-corrected chi connectivity index (χ0v) is 11.2. The Morgan fingerprint density at radius 1 is 1.44 bits per heavy atom. The summed E-state index contributed by atoms with van der Waals surface area (Å²) < 4.78 is 7.76. The molecule has 5 heteroatoms. The normalized spacial score (nSPS) is 10.7. The molecule has 0 aliphatic rings. The molecule has 0 aliphatic heterocycles. The minimum absolute atomic E-state index is 0.00877. The molecule has 0 aliphatic carbocycles. The average molecular weight is 330 g/mol. The molecule has 0 fully saturated rings. The van der Waals surface area contributed by atoms with Crippen LogP contribution in [0.4, 0.5) is 0 Å². The second kappa shape index (κ2) is 4.40. The van der Waals surface area contributed by atoms with Crippen molar-refractivity contribution in [2.75, 3.05) is 0 Å². The van der Waals surface area contributed by atoms with E-state index in [1.807, 2.05) is 32.2 Å². The van der Waals surface area contributed by atoms with Crippen molar-refractivity contribution in [3.05, 3.63) is 49.3 Å². The van der Waals surface area contributed by atoms with Crippen LogP contribution in [0, 0.1) is 17.4 Å². The molecule has 0 saturated carbocycles. The van der Waals surface area contributed by atoms with Gasteiger partial charge in [-0.2, -0.15) is 0 Å². The summed E-state index contributed by atoms with van der Waals surface area (Å²) >= 11 is 2.19. The Bertz CT molecular complexity index is 572. The molecule has 0 N–H and O–H groups in total. The van der Waals surface area contributed by atoms with Crippen molar-refractivity contribution in [3.63, 3.8) is 0 Å². The van der Waals surface area contributed by atoms with Crippen LogP contribution in [0.2, 0.25) is 0 Å². The Labute approximate surface area is 106 Å². The van der Waals surface area contributed by atoms with Gasteiger partial charge in [0.25, 0.3) is 5.56 Å². The fourth-order valence-electron chi connectivity index (χ4n) is 1.52. The molecule has 2 aromatic heterocycles. The molecule has 0 amide bonds. The van der Waals surface area contributed by atoms with Gasteiger partial charge in [-0.25, -0.2) is 0 Å². The van der Waals surface area contributed by atoms with Crippen LogP contribution in [0.1, 0.15) is 17.0 Å². The van der Waals surface area contributed by atoms with Gasteiger partial charge in [0.1, 0.15) is 0 Å². The molecule has 0 radical (unpaired) electrons. The lowest BCUT2D eigenvalue weighted by Crippen LogP contribution is -2.22. The first-order chi connectivity index (χ1) is 7.56. The van der Waals surface area contributed by atoms with Gasteiger partial charge in [0.15, 0.2) is 5.76 Å². The number of aromatic nitrogens is 2. The molecule has 16 heavy (non-hydrogen) atoms. The third-order valence-electron chi connectivity index (χ3n) is 2.23. The molecule has 0 atom stereocenters. The fourth-order valence-corrected chi connectivity index (χ4v) is 2.32. The monoisotopic (exact) mass is 330 g/mol. The minimum atomic E-state index is 0.00877. The van der Waals surface area contributed by atoms with Crippen molar-refractivity contribution >= 4 is 22.6 Å². The highest BCUT2D eigenvalue weighted by Gasteiger charge is 2.06. The highest BCUT2D eigenvalue weighted by molar-refractivity contribution is 14.1. The highest BCUT2D eigenvalue weighted by atomic mass is 127. The van der Waals surface area contributed by atoms with Crippen LogP contribution < -0.4 is 5.56 Å². The number of pyridine rings is 1. The number of hydrogen-bond donors (Lipinski definition) is 0. The van der Waals surface area contributed by atoms with E-state index in [1.54, 1.807) is 4.57 Å². The van der Waals surface area contributed by atoms with Gasteiger partial charge in [0.05, 0.1) is 12.2 Å². The van der Waals surface area contributed by atoms with E-state index in [4.69, 9.17) is 4.52 Å². The molecule has 4 nitrogen and oxygen atoms in total. The van der Waals surface area contributed by atoms with Crippen LogP contribution in [-0.4, -0.2) is 9.72 Å². The van der Waals surface area contributed by atoms with E-state index >= 15 is 0 Å². The Kier molecular flexibility index (Phi) is 3.13. The first-order valence-electron chi connectivity index (χ1n) is 4.85. The van der Waals surface area contributed by atoms with E-state index in [0.717, 1.165) is 14.8 Å². The van der Waals surface area contributed by atoms with Crippen LogP contribution in [0.3, 0.4) is 0 Å². The molecule has 2 aromatic rings. The summed E-state index contributed by atoms with van der Waals surface area (Å²) in [5, 5.41) is 3.80. The van der Waals surface area contributed by atoms with E-state index in [0.29, 0.717) is 12.3 Å². The molecule has 0 bridgehead atoms.